The van der Waals surface area contributed by atoms with Gasteiger partial charge in [-0.05, 0) is 48.4 Å². The highest BCUT2D eigenvalue weighted by Gasteiger charge is 2.42. The zero-order valence-corrected chi connectivity index (χ0v) is 18.3. The van der Waals surface area contributed by atoms with Crippen molar-refractivity contribution in [3.63, 3.8) is 0 Å². The highest BCUT2D eigenvalue weighted by Crippen LogP contribution is 2.39. The van der Waals surface area contributed by atoms with Crippen molar-refractivity contribution < 1.29 is 19.1 Å². The summed E-state index contributed by atoms with van der Waals surface area (Å²) in [5.74, 6) is -1.20. The van der Waals surface area contributed by atoms with Gasteiger partial charge in [-0.15, -0.1) is 0 Å². The van der Waals surface area contributed by atoms with Crippen LogP contribution in [0.25, 0.3) is 6.08 Å². The Labute approximate surface area is 194 Å². The van der Waals surface area contributed by atoms with Crippen LogP contribution in [-0.4, -0.2) is 37.8 Å². The Morgan fingerprint density at radius 2 is 2.06 bits per heavy atom. The van der Waals surface area contributed by atoms with Crippen LogP contribution in [0.1, 0.15) is 23.8 Å². The Morgan fingerprint density at radius 3 is 2.75 bits per heavy atom. The number of aryl methyl sites for hydroxylation is 1. The summed E-state index contributed by atoms with van der Waals surface area (Å²) in [6.07, 6.45) is 10.0. The highest BCUT2D eigenvalue weighted by atomic mass is 35.5. The molecule has 4 rings (SSSR count). The summed E-state index contributed by atoms with van der Waals surface area (Å²) in [6.45, 7) is 0.935. The second kappa shape index (κ2) is 9.46. The molecule has 9 heteroatoms. The maximum absolute atomic E-state index is 13.0. The summed E-state index contributed by atoms with van der Waals surface area (Å²) in [5.41, 5.74) is 0.563. The standard InChI is InChI=1S/C23H19Cl2N3O4/c24-17-6-4-15(13-18(17)25)21-20(19(29)7-5-16-3-1-12-32-16)22(30)23(31)28(21)10-2-9-27-11-8-26-14-27/h1,3-8,11-14,21,30H,2,9-10H2/b7-5+. The Bertz CT molecular complexity index is 1180. The highest BCUT2D eigenvalue weighted by molar-refractivity contribution is 6.42. The molecule has 0 spiro atoms. The van der Waals surface area contributed by atoms with Gasteiger partial charge in [-0.2, -0.15) is 0 Å². The van der Waals surface area contributed by atoms with Gasteiger partial charge in [0.1, 0.15) is 5.76 Å². The van der Waals surface area contributed by atoms with Crippen molar-refractivity contribution in [3.8, 4) is 0 Å². The average molecular weight is 472 g/mol. The number of hydrogen-bond donors (Lipinski definition) is 1. The largest absolute Gasteiger partial charge is 0.503 e. The molecule has 0 aliphatic carbocycles. The Morgan fingerprint density at radius 1 is 1.22 bits per heavy atom. The van der Waals surface area contributed by atoms with Crippen molar-refractivity contribution in [2.24, 2.45) is 0 Å². The molecule has 1 aromatic carbocycles. The fourth-order valence-corrected chi connectivity index (χ4v) is 3.95. The molecular weight excluding hydrogens is 453 g/mol. The van der Waals surface area contributed by atoms with Crippen molar-refractivity contribution >= 4 is 41.0 Å². The summed E-state index contributed by atoms with van der Waals surface area (Å²) in [6, 6.07) is 7.49. The fourth-order valence-electron chi connectivity index (χ4n) is 3.64. The van der Waals surface area contributed by atoms with E-state index >= 15 is 0 Å². The average Bonchev–Trinajstić information content (AvgIpc) is 3.53. The number of hydrogen-bond acceptors (Lipinski definition) is 5. The van der Waals surface area contributed by atoms with Crippen molar-refractivity contribution in [2.45, 2.75) is 19.0 Å². The van der Waals surface area contributed by atoms with Crippen LogP contribution in [0.3, 0.4) is 0 Å². The van der Waals surface area contributed by atoms with Gasteiger partial charge in [-0.25, -0.2) is 4.98 Å². The smallest absolute Gasteiger partial charge is 0.290 e. The summed E-state index contributed by atoms with van der Waals surface area (Å²) in [5, 5.41) is 11.3. The molecule has 1 N–H and O–H groups in total. The van der Waals surface area contributed by atoms with E-state index in [0.717, 1.165) is 0 Å². The Hall–Kier alpha value is -3.29. The number of amides is 1. The lowest BCUT2D eigenvalue weighted by Crippen LogP contribution is -2.32. The summed E-state index contributed by atoms with van der Waals surface area (Å²) in [4.78, 5) is 31.4. The maximum atomic E-state index is 13.0. The molecule has 0 bridgehead atoms. The number of aromatic nitrogens is 2. The van der Waals surface area contributed by atoms with E-state index in [1.807, 2.05) is 10.8 Å². The van der Waals surface area contributed by atoms with Crippen LogP contribution in [0.2, 0.25) is 10.0 Å². The van der Waals surface area contributed by atoms with Crippen LogP contribution < -0.4 is 0 Å². The molecule has 3 heterocycles. The van der Waals surface area contributed by atoms with Gasteiger partial charge in [0.15, 0.2) is 11.5 Å². The number of nitrogens with zero attached hydrogens (tertiary/aromatic N) is 3. The normalized spacial score (nSPS) is 16.5. The van der Waals surface area contributed by atoms with E-state index in [-0.39, 0.29) is 5.57 Å². The van der Waals surface area contributed by atoms with Crippen LogP contribution in [0.5, 0.6) is 0 Å². The summed E-state index contributed by atoms with van der Waals surface area (Å²) < 4.78 is 7.10. The number of carbonyl (C=O) groups excluding carboxylic acids is 2. The number of aliphatic hydroxyl groups excluding tert-OH is 1. The van der Waals surface area contributed by atoms with E-state index in [1.165, 1.54) is 23.3 Å². The molecule has 1 atom stereocenters. The van der Waals surface area contributed by atoms with E-state index in [4.69, 9.17) is 27.6 Å². The number of furan rings is 1. The Balaban J connectivity index is 1.64. The minimum absolute atomic E-state index is 0.0150. The molecule has 0 saturated heterocycles. The summed E-state index contributed by atoms with van der Waals surface area (Å²) in [7, 11) is 0. The quantitative estimate of drug-likeness (QED) is 0.474. The van der Waals surface area contributed by atoms with Crippen molar-refractivity contribution in [3.05, 3.63) is 94.1 Å². The molecular formula is C23H19Cl2N3O4. The zero-order chi connectivity index (χ0) is 22.7. The number of ketones is 1. The number of rotatable bonds is 8. The topological polar surface area (TPSA) is 88.6 Å². The van der Waals surface area contributed by atoms with E-state index in [9.17, 15) is 14.7 Å². The van der Waals surface area contributed by atoms with Gasteiger partial charge in [0, 0.05) is 25.5 Å². The SMILES string of the molecule is O=C(/C=C/c1ccco1)C1=C(O)C(=O)N(CCCn2ccnc2)C1c1ccc(Cl)c(Cl)c1. The third-order valence-electron chi connectivity index (χ3n) is 5.15. The molecule has 2 aromatic heterocycles. The van der Waals surface area contributed by atoms with Crippen LogP contribution >= 0.6 is 23.2 Å². The third kappa shape index (κ3) is 4.49. The first-order chi connectivity index (χ1) is 15.5. The molecule has 1 aliphatic heterocycles. The van der Waals surface area contributed by atoms with Gasteiger partial charge in [0.05, 0.1) is 34.3 Å². The van der Waals surface area contributed by atoms with Crippen molar-refractivity contribution in [2.75, 3.05) is 6.54 Å². The van der Waals surface area contributed by atoms with E-state index < -0.39 is 23.5 Å². The lowest BCUT2D eigenvalue weighted by atomic mass is 9.95. The van der Waals surface area contributed by atoms with Crippen molar-refractivity contribution in [1.29, 1.82) is 0 Å². The second-order valence-electron chi connectivity index (χ2n) is 7.20. The van der Waals surface area contributed by atoms with Crippen LogP contribution in [0, 0.1) is 0 Å². The predicted octanol–water partition coefficient (Wildman–Crippen LogP) is 4.85. The molecule has 32 heavy (non-hydrogen) atoms. The minimum atomic E-state index is -0.797. The van der Waals surface area contributed by atoms with Crippen LogP contribution in [-0.2, 0) is 16.1 Å². The fraction of sp³-hybridized carbons (Fsp3) is 0.174. The predicted molar refractivity (Wildman–Crippen MR) is 120 cm³/mol. The molecule has 1 aliphatic rings. The lowest BCUT2D eigenvalue weighted by Gasteiger charge is -2.27. The first-order valence-electron chi connectivity index (χ1n) is 9.86. The lowest BCUT2D eigenvalue weighted by molar-refractivity contribution is -0.129. The molecule has 0 fully saturated rings. The Kier molecular flexibility index (Phi) is 6.48. The number of allylic oxidation sites excluding steroid dienone is 1. The molecule has 0 saturated carbocycles. The maximum Gasteiger partial charge on any atom is 0.290 e. The van der Waals surface area contributed by atoms with Gasteiger partial charge in [-0.3, -0.25) is 9.59 Å². The van der Waals surface area contributed by atoms with Gasteiger partial charge < -0.3 is 19.0 Å². The van der Waals surface area contributed by atoms with Gasteiger partial charge in [-0.1, -0.05) is 29.3 Å². The van der Waals surface area contributed by atoms with E-state index in [0.29, 0.717) is 40.9 Å². The number of aliphatic hydroxyl groups is 1. The first kappa shape index (κ1) is 21.9. The van der Waals surface area contributed by atoms with Crippen LogP contribution in [0.4, 0.5) is 0 Å². The first-order valence-corrected chi connectivity index (χ1v) is 10.6. The molecule has 3 aromatic rings. The molecule has 0 radical (unpaired) electrons. The second-order valence-corrected chi connectivity index (χ2v) is 8.02. The molecule has 7 nitrogen and oxygen atoms in total. The van der Waals surface area contributed by atoms with Crippen LogP contribution in [0.15, 0.2) is 77.1 Å². The van der Waals surface area contributed by atoms with E-state index in [2.05, 4.69) is 4.98 Å². The monoisotopic (exact) mass is 471 g/mol. The van der Waals surface area contributed by atoms with Gasteiger partial charge in [0.2, 0.25) is 0 Å². The number of carbonyl (C=O) groups is 2. The number of benzene rings is 1. The van der Waals surface area contributed by atoms with Crippen molar-refractivity contribution in [1.82, 2.24) is 14.5 Å². The summed E-state index contributed by atoms with van der Waals surface area (Å²) >= 11 is 12.3. The molecule has 164 valence electrons. The van der Waals surface area contributed by atoms with E-state index in [1.54, 1.807) is 42.9 Å². The van der Waals surface area contributed by atoms with Gasteiger partial charge in [0.25, 0.3) is 5.91 Å². The number of halogens is 2. The molecule has 1 unspecified atom stereocenters. The van der Waals surface area contributed by atoms with Gasteiger partial charge >= 0.3 is 0 Å². The zero-order valence-electron chi connectivity index (χ0n) is 16.8. The molecule has 1 amide bonds. The minimum Gasteiger partial charge on any atom is -0.503 e. The number of imidazole rings is 1. The third-order valence-corrected chi connectivity index (χ3v) is 5.88.